The van der Waals surface area contributed by atoms with Gasteiger partial charge in [0.15, 0.2) is 0 Å². The molecule has 0 aliphatic rings. The highest BCUT2D eigenvalue weighted by atomic mass is 16.4. The smallest absolute Gasteiger partial charge is 0.309 e. The van der Waals surface area contributed by atoms with Crippen LogP contribution in [0.5, 0.6) is 0 Å². The summed E-state index contributed by atoms with van der Waals surface area (Å²) < 4.78 is 0. The molecule has 0 fully saturated rings. The van der Waals surface area contributed by atoms with Crippen LogP contribution in [0.25, 0.3) is 0 Å². The highest BCUT2D eigenvalue weighted by molar-refractivity contribution is 5.74. The van der Waals surface area contributed by atoms with Crippen LogP contribution < -0.4 is 0 Å². The van der Waals surface area contributed by atoms with Crippen molar-refractivity contribution < 1.29 is 9.90 Å². The monoisotopic (exact) mass is 101 g/mol. The first-order chi connectivity index (χ1) is 2.94. The van der Waals surface area contributed by atoms with Gasteiger partial charge in [-0.25, -0.2) is 0 Å². The van der Waals surface area contributed by atoms with Crippen LogP contribution in [0.3, 0.4) is 0 Å². The van der Waals surface area contributed by atoms with Crippen molar-refractivity contribution in [3.05, 3.63) is 6.92 Å². The number of carbonyl (C=O) groups is 1. The van der Waals surface area contributed by atoms with Crippen molar-refractivity contribution >= 4 is 5.97 Å². The van der Waals surface area contributed by atoms with Crippen LogP contribution in [0.1, 0.15) is 13.8 Å². The maximum atomic E-state index is 9.96. The zero-order valence-corrected chi connectivity index (χ0v) is 4.56. The van der Waals surface area contributed by atoms with Crippen molar-refractivity contribution in [2.24, 2.45) is 5.41 Å². The Hall–Kier alpha value is -0.530. The van der Waals surface area contributed by atoms with Gasteiger partial charge in [0.05, 0.1) is 5.41 Å². The third kappa shape index (κ3) is 2.20. The Morgan fingerprint density at radius 3 is 1.86 bits per heavy atom. The van der Waals surface area contributed by atoms with Crippen molar-refractivity contribution in [3.63, 3.8) is 0 Å². The van der Waals surface area contributed by atoms with E-state index in [1.165, 1.54) is 0 Å². The summed E-state index contributed by atoms with van der Waals surface area (Å²) in [6.07, 6.45) is 0. The van der Waals surface area contributed by atoms with Crippen LogP contribution in [-0.4, -0.2) is 11.1 Å². The van der Waals surface area contributed by atoms with Gasteiger partial charge in [-0.05, 0) is 20.8 Å². The van der Waals surface area contributed by atoms with Crippen LogP contribution in [-0.2, 0) is 4.79 Å². The number of aliphatic carboxylic acids is 1. The molecule has 0 unspecified atom stereocenters. The quantitative estimate of drug-likeness (QED) is 0.533. The average Bonchev–Trinajstić information content (AvgIpc) is 1.31. The fourth-order valence-corrected chi connectivity index (χ4v) is 0. The van der Waals surface area contributed by atoms with E-state index >= 15 is 0 Å². The van der Waals surface area contributed by atoms with Gasteiger partial charge in [0, 0.05) is 0 Å². The molecule has 0 amide bonds. The van der Waals surface area contributed by atoms with Gasteiger partial charge in [0.25, 0.3) is 0 Å². The summed E-state index contributed by atoms with van der Waals surface area (Å²) in [5.74, 6) is -0.868. The van der Waals surface area contributed by atoms with Crippen LogP contribution in [0.15, 0.2) is 0 Å². The summed E-state index contributed by atoms with van der Waals surface area (Å²) in [5.41, 5.74) is -0.833. The largest absolute Gasteiger partial charge is 0.481 e. The Morgan fingerprint density at radius 1 is 1.71 bits per heavy atom. The van der Waals surface area contributed by atoms with Gasteiger partial charge < -0.3 is 5.11 Å². The summed E-state index contributed by atoms with van der Waals surface area (Å²) in [6.45, 7) is 6.47. The molecule has 0 rings (SSSR count). The third-order valence-corrected chi connectivity index (χ3v) is 0.579. The molecule has 0 aliphatic carbocycles. The van der Waals surface area contributed by atoms with Crippen LogP contribution in [0.2, 0.25) is 0 Å². The number of hydrogen-bond donors (Lipinski definition) is 1. The molecule has 1 N–H and O–H groups in total. The van der Waals surface area contributed by atoms with Crippen LogP contribution in [0.4, 0.5) is 0 Å². The zero-order valence-electron chi connectivity index (χ0n) is 4.56. The summed E-state index contributed by atoms with van der Waals surface area (Å²) in [5, 5.41) is 8.19. The lowest BCUT2D eigenvalue weighted by Gasteiger charge is -2.08. The van der Waals surface area contributed by atoms with Gasteiger partial charge in [-0.3, -0.25) is 4.79 Å². The third-order valence-electron chi connectivity index (χ3n) is 0.579. The van der Waals surface area contributed by atoms with Crippen LogP contribution >= 0.6 is 0 Å². The molecular formula is C5H9O2. The second-order valence-corrected chi connectivity index (χ2v) is 2.19. The van der Waals surface area contributed by atoms with Gasteiger partial charge in [-0.1, -0.05) is 0 Å². The lowest BCUT2D eigenvalue weighted by atomic mass is 9.98. The number of carboxylic acids is 1. The molecule has 0 saturated carbocycles. The van der Waals surface area contributed by atoms with Gasteiger partial charge in [0.1, 0.15) is 0 Å². The second-order valence-electron chi connectivity index (χ2n) is 2.19. The van der Waals surface area contributed by atoms with Crippen molar-refractivity contribution in [3.8, 4) is 0 Å². The highest BCUT2D eigenvalue weighted by Crippen LogP contribution is 2.10. The van der Waals surface area contributed by atoms with Crippen molar-refractivity contribution in [1.29, 1.82) is 0 Å². The van der Waals surface area contributed by atoms with Crippen molar-refractivity contribution in [2.45, 2.75) is 13.8 Å². The standard InChI is InChI=1S/C5H9O2/c1-5(2,3)4(6)7/h1H2,2-3H3,(H,6,7). The van der Waals surface area contributed by atoms with E-state index in [-0.39, 0.29) is 0 Å². The van der Waals surface area contributed by atoms with E-state index in [0.29, 0.717) is 0 Å². The van der Waals surface area contributed by atoms with Crippen molar-refractivity contribution in [1.82, 2.24) is 0 Å². The Morgan fingerprint density at radius 2 is 1.86 bits per heavy atom. The van der Waals surface area contributed by atoms with E-state index in [1.54, 1.807) is 13.8 Å². The molecule has 7 heavy (non-hydrogen) atoms. The minimum atomic E-state index is -0.868. The predicted molar refractivity (Wildman–Crippen MR) is 26.8 cm³/mol. The molecule has 0 bridgehead atoms. The number of hydrogen-bond acceptors (Lipinski definition) is 1. The van der Waals surface area contributed by atoms with E-state index in [9.17, 15) is 4.79 Å². The SMILES string of the molecule is [CH2]C(C)(C)C(=O)O. The lowest BCUT2D eigenvalue weighted by molar-refractivity contribution is -0.144. The zero-order chi connectivity index (χ0) is 6.08. The first kappa shape index (κ1) is 6.47. The molecule has 0 spiro atoms. The summed E-state index contributed by atoms with van der Waals surface area (Å²) in [4.78, 5) is 9.96. The number of carboxylic acid groups (broad SMARTS) is 1. The normalized spacial score (nSPS) is 11.3. The predicted octanol–water partition coefficient (Wildman–Crippen LogP) is 0.931. The fraction of sp³-hybridized carbons (Fsp3) is 0.600. The fourth-order valence-electron chi connectivity index (χ4n) is 0. The maximum absolute atomic E-state index is 9.96. The Labute approximate surface area is 43.2 Å². The minimum Gasteiger partial charge on any atom is -0.481 e. The van der Waals surface area contributed by atoms with E-state index in [4.69, 9.17) is 5.11 Å². The number of rotatable bonds is 1. The first-order valence-electron chi connectivity index (χ1n) is 2.03. The molecule has 0 aromatic rings. The Kier molecular flexibility index (Phi) is 1.41. The highest BCUT2D eigenvalue weighted by Gasteiger charge is 2.18. The maximum Gasteiger partial charge on any atom is 0.309 e. The first-order valence-corrected chi connectivity index (χ1v) is 2.03. The van der Waals surface area contributed by atoms with E-state index in [2.05, 4.69) is 6.92 Å². The lowest BCUT2D eigenvalue weighted by Crippen LogP contribution is -2.18. The Balaban J connectivity index is 3.79. The van der Waals surface area contributed by atoms with Gasteiger partial charge in [-0.15, -0.1) is 0 Å². The topological polar surface area (TPSA) is 37.3 Å². The van der Waals surface area contributed by atoms with E-state index in [1.807, 2.05) is 0 Å². The molecule has 0 aliphatic heterocycles. The molecule has 0 heterocycles. The summed E-state index contributed by atoms with van der Waals surface area (Å²) >= 11 is 0. The molecule has 0 aromatic carbocycles. The molecule has 1 radical (unpaired) electrons. The van der Waals surface area contributed by atoms with E-state index in [0.717, 1.165) is 0 Å². The van der Waals surface area contributed by atoms with Gasteiger partial charge in [0.2, 0.25) is 0 Å². The molecule has 41 valence electrons. The van der Waals surface area contributed by atoms with Gasteiger partial charge in [-0.2, -0.15) is 0 Å². The summed E-state index contributed by atoms with van der Waals surface area (Å²) in [6, 6.07) is 0. The minimum absolute atomic E-state index is 0.833. The van der Waals surface area contributed by atoms with Crippen LogP contribution in [0, 0.1) is 12.3 Å². The molecule has 0 atom stereocenters. The Bertz CT molecular complexity index is 78.6. The summed E-state index contributed by atoms with van der Waals surface area (Å²) in [7, 11) is 0. The van der Waals surface area contributed by atoms with E-state index < -0.39 is 11.4 Å². The van der Waals surface area contributed by atoms with Gasteiger partial charge >= 0.3 is 5.97 Å². The second kappa shape index (κ2) is 1.52. The van der Waals surface area contributed by atoms with Crippen molar-refractivity contribution in [2.75, 3.05) is 0 Å². The average molecular weight is 101 g/mol. The molecule has 0 aromatic heterocycles. The molecule has 2 heteroatoms. The molecule has 2 nitrogen and oxygen atoms in total. The molecule has 0 saturated heterocycles. The molecular weight excluding hydrogens is 92.1 g/mol.